The average Bonchev–Trinajstić information content (AvgIpc) is 2.14. The first-order valence-corrected chi connectivity index (χ1v) is 4.24. The summed E-state index contributed by atoms with van der Waals surface area (Å²) in [5, 5.41) is 0. The topological polar surface area (TPSA) is 29.3 Å². The van der Waals surface area contributed by atoms with Crippen LogP contribution in [0.2, 0.25) is 0 Å². The van der Waals surface area contributed by atoms with Crippen LogP contribution in [0.5, 0.6) is 0 Å². The lowest BCUT2D eigenvalue weighted by Crippen LogP contribution is -2.17. The van der Waals surface area contributed by atoms with Crippen molar-refractivity contribution in [2.24, 2.45) is 0 Å². The van der Waals surface area contributed by atoms with Crippen LogP contribution < -0.4 is 10.6 Å². The fourth-order valence-electron chi connectivity index (χ4n) is 1.12. The Kier molecular flexibility index (Phi) is 3.22. The summed E-state index contributed by atoms with van der Waals surface area (Å²) in [4.78, 5) is 2.09. The number of hydrogen-bond acceptors (Lipinski definition) is 2. The molecule has 0 aliphatic carbocycles. The molecule has 0 bridgehead atoms. The zero-order chi connectivity index (χ0) is 9.68. The van der Waals surface area contributed by atoms with Gasteiger partial charge >= 0.3 is 0 Å². The highest BCUT2D eigenvalue weighted by Gasteiger charge is 1.98. The minimum atomic E-state index is 0.755. The van der Waals surface area contributed by atoms with Gasteiger partial charge in [0.25, 0.3) is 0 Å². The van der Waals surface area contributed by atoms with E-state index in [2.05, 4.69) is 10.8 Å². The average molecular weight is 174 g/mol. The molecule has 2 N–H and O–H groups in total. The maximum Gasteiger partial charge on any atom is 0.0384 e. The van der Waals surface area contributed by atoms with E-state index in [-0.39, 0.29) is 0 Å². The number of benzene rings is 1. The van der Waals surface area contributed by atoms with E-state index >= 15 is 0 Å². The van der Waals surface area contributed by atoms with Crippen molar-refractivity contribution in [3.05, 3.63) is 24.3 Å². The SMILES string of the molecule is C#CCCN(C)c1cccc(N)c1. The molecule has 0 aliphatic heterocycles. The van der Waals surface area contributed by atoms with Gasteiger partial charge in [-0.1, -0.05) is 6.07 Å². The molecule has 0 amide bonds. The van der Waals surface area contributed by atoms with Crippen LogP contribution in [0.15, 0.2) is 24.3 Å². The van der Waals surface area contributed by atoms with E-state index in [1.807, 2.05) is 31.3 Å². The first-order valence-electron chi connectivity index (χ1n) is 4.24. The highest BCUT2D eigenvalue weighted by Crippen LogP contribution is 2.15. The van der Waals surface area contributed by atoms with Gasteiger partial charge in [-0.25, -0.2) is 0 Å². The number of anilines is 2. The van der Waals surface area contributed by atoms with Crippen molar-refractivity contribution in [1.82, 2.24) is 0 Å². The Balaban J connectivity index is 2.66. The largest absolute Gasteiger partial charge is 0.399 e. The first-order chi connectivity index (χ1) is 6.24. The third kappa shape index (κ3) is 2.72. The lowest BCUT2D eigenvalue weighted by molar-refractivity contribution is 0.913. The van der Waals surface area contributed by atoms with Gasteiger partial charge in [0, 0.05) is 31.4 Å². The molecule has 0 aliphatic rings. The molecule has 0 heterocycles. The number of nitrogens with zero attached hydrogens (tertiary/aromatic N) is 1. The Hall–Kier alpha value is -1.62. The fraction of sp³-hybridized carbons (Fsp3) is 0.273. The molecule has 0 saturated heterocycles. The molecule has 1 rings (SSSR count). The monoisotopic (exact) mass is 174 g/mol. The number of nitrogens with two attached hydrogens (primary N) is 1. The molecule has 1 aromatic carbocycles. The molecule has 0 spiro atoms. The summed E-state index contributed by atoms with van der Waals surface area (Å²) in [6.45, 7) is 0.861. The van der Waals surface area contributed by atoms with Crippen LogP contribution in [-0.2, 0) is 0 Å². The van der Waals surface area contributed by atoms with Gasteiger partial charge in [-0.3, -0.25) is 0 Å². The first kappa shape index (κ1) is 9.47. The molecule has 1 aromatic rings. The summed E-state index contributed by atoms with van der Waals surface area (Å²) in [6.07, 6.45) is 5.94. The van der Waals surface area contributed by atoms with Crippen LogP contribution in [0.4, 0.5) is 11.4 Å². The van der Waals surface area contributed by atoms with Crippen molar-refractivity contribution >= 4 is 11.4 Å². The van der Waals surface area contributed by atoms with Gasteiger partial charge in [0.05, 0.1) is 0 Å². The Morgan fingerprint density at radius 1 is 1.54 bits per heavy atom. The predicted molar refractivity (Wildman–Crippen MR) is 57.6 cm³/mol. The molecule has 13 heavy (non-hydrogen) atoms. The van der Waals surface area contributed by atoms with Crippen molar-refractivity contribution < 1.29 is 0 Å². The van der Waals surface area contributed by atoms with Gasteiger partial charge in [-0.05, 0) is 18.2 Å². The fourth-order valence-corrected chi connectivity index (χ4v) is 1.12. The number of rotatable bonds is 3. The maximum atomic E-state index is 5.66. The Labute approximate surface area is 79.4 Å². The van der Waals surface area contributed by atoms with Gasteiger partial charge < -0.3 is 10.6 Å². The molecule has 0 atom stereocenters. The zero-order valence-electron chi connectivity index (χ0n) is 7.83. The molecule has 0 aromatic heterocycles. The quantitative estimate of drug-likeness (QED) is 0.558. The molecule has 68 valence electrons. The molecular formula is C11H14N2. The molecule has 2 heteroatoms. The predicted octanol–water partition coefficient (Wildman–Crippen LogP) is 1.73. The summed E-state index contributed by atoms with van der Waals surface area (Å²) >= 11 is 0. The molecule has 0 fully saturated rings. The van der Waals surface area contributed by atoms with Gasteiger partial charge in [-0.15, -0.1) is 12.3 Å². The van der Waals surface area contributed by atoms with E-state index in [9.17, 15) is 0 Å². The molecule has 2 nitrogen and oxygen atoms in total. The van der Waals surface area contributed by atoms with Crippen LogP contribution in [0.3, 0.4) is 0 Å². The van der Waals surface area contributed by atoms with E-state index in [1.54, 1.807) is 0 Å². The van der Waals surface area contributed by atoms with Crippen molar-refractivity contribution in [2.75, 3.05) is 24.2 Å². The van der Waals surface area contributed by atoms with E-state index in [0.717, 1.165) is 24.3 Å². The van der Waals surface area contributed by atoms with Gasteiger partial charge in [-0.2, -0.15) is 0 Å². The smallest absolute Gasteiger partial charge is 0.0384 e. The highest BCUT2D eigenvalue weighted by molar-refractivity contribution is 5.55. The second-order valence-electron chi connectivity index (χ2n) is 2.97. The van der Waals surface area contributed by atoms with E-state index < -0.39 is 0 Å². The second kappa shape index (κ2) is 4.42. The Morgan fingerprint density at radius 3 is 2.92 bits per heavy atom. The maximum absolute atomic E-state index is 5.66. The molecular weight excluding hydrogens is 160 g/mol. The van der Waals surface area contributed by atoms with E-state index in [4.69, 9.17) is 12.2 Å². The molecule has 0 saturated carbocycles. The molecule has 0 radical (unpaired) electrons. The third-order valence-corrected chi connectivity index (χ3v) is 1.90. The minimum absolute atomic E-state index is 0.755. The number of terminal acetylenes is 1. The van der Waals surface area contributed by atoms with Crippen LogP contribution in [0, 0.1) is 12.3 Å². The zero-order valence-corrected chi connectivity index (χ0v) is 7.83. The standard InChI is InChI=1S/C11H14N2/c1-3-4-8-13(2)11-7-5-6-10(12)9-11/h1,5-7,9H,4,8,12H2,2H3. The van der Waals surface area contributed by atoms with Crippen molar-refractivity contribution in [3.63, 3.8) is 0 Å². The second-order valence-corrected chi connectivity index (χ2v) is 2.97. The molecule has 0 unspecified atom stereocenters. The van der Waals surface area contributed by atoms with Gasteiger partial charge in [0.2, 0.25) is 0 Å². The van der Waals surface area contributed by atoms with Crippen LogP contribution in [-0.4, -0.2) is 13.6 Å². The lowest BCUT2D eigenvalue weighted by Gasteiger charge is -2.17. The van der Waals surface area contributed by atoms with Crippen LogP contribution in [0.25, 0.3) is 0 Å². The van der Waals surface area contributed by atoms with Crippen molar-refractivity contribution in [3.8, 4) is 12.3 Å². The van der Waals surface area contributed by atoms with E-state index in [1.165, 1.54) is 0 Å². The van der Waals surface area contributed by atoms with E-state index in [0.29, 0.717) is 0 Å². The number of nitrogen functional groups attached to an aromatic ring is 1. The third-order valence-electron chi connectivity index (χ3n) is 1.90. The summed E-state index contributed by atoms with van der Waals surface area (Å²) in [7, 11) is 2.01. The van der Waals surface area contributed by atoms with Crippen LogP contribution >= 0.6 is 0 Å². The summed E-state index contributed by atoms with van der Waals surface area (Å²) in [6, 6.07) is 7.78. The summed E-state index contributed by atoms with van der Waals surface area (Å²) < 4.78 is 0. The van der Waals surface area contributed by atoms with Gasteiger partial charge in [0.1, 0.15) is 0 Å². The summed E-state index contributed by atoms with van der Waals surface area (Å²) in [5.74, 6) is 2.61. The Bertz CT molecular complexity index is 312. The highest BCUT2D eigenvalue weighted by atomic mass is 15.1. The Morgan fingerprint density at radius 2 is 2.31 bits per heavy atom. The van der Waals surface area contributed by atoms with Crippen molar-refractivity contribution in [2.45, 2.75) is 6.42 Å². The lowest BCUT2D eigenvalue weighted by atomic mass is 10.2. The minimum Gasteiger partial charge on any atom is -0.399 e. The number of hydrogen-bond donors (Lipinski definition) is 1. The summed E-state index contributed by atoms with van der Waals surface area (Å²) in [5.41, 5.74) is 7.55. The van der Waals surface area contributed by atoms with Gasteiger partial charge in [0.15, 0.2) is 0 Å². The van der Waals surface area contributed by atoms with Crippen molar-refractivity contribution in [1.29, 1.82) is 0 Å². The normalized spacial score (nSPS) is 9.23. The van der Waals surface area contributed by atoms with Crippen LogP contribution in [0.1, 0.15) is 6.42 Å².